The van der Waals surface area contributed by atoms with Crippen LogP contribution in [-0.2, 0) is 32.2 Å². The van der Waals surface area contributed by atoms with E-state index in [9.17, 15) is 19.8 Å². The number of thioether (sulfide) groups is 1. The van der Waals surface area contributed by atoms with Gasteiger partial charge in [-0.1, -0.05) is 80.1 Å². The van der Waals surface area contributed by atoms with Crippen LogP contribution >= 0.6 is 11.8 Å². The first kappa shape index (κ1) is 34.7. The Morgan fingerprint density at radius 1 is 0.844 bits per heavy atom. The SMILES string of the molecule is CC(=O)NCCCCCC(=O)NCc1cccc(-c2ccc(C3OC(CSCCO)C(C)C(c4ccc(CO)cc4)O3)cc2)c1. The van der Waals surface area contributed by atoms with Crippen molar-refractivity contribution < 1.29 is 29.3 Å². The van der Waals surface area contributed by atoms with Crippen molar-refractivity contribution in [2.75, 3.05) is 24.7 Å². The molecule has 0 radical (unpaired) electrons. The summed E-state index contributed by atoms with van der Waals surface area (Å²) >= 11 is 1.68. The summed E-state index contributed by atoms with van der Waals surface area (Å²) in [7, 11) is 0. The predicted octanol–water partition coefficient (Wildman–Crippen LogP) is 5.68. The van der Waals surface area contributed by atoms with Gasteiger partial charge in [-0.3, -0.25) is 9.59 Å². The van der Waals surface area contributed by atoms with Crippen LogP contribution in [-0.4, -0.2) is 52.8 Å². The molecule has 45 heavy (non-hydrogen) atoms. The Labute approximate surface area is 270 Å². The third-order valence-electron chi connectivity index (χ3n) is 8.03. The molecule has 1 aliphatic heterocycles. The van der Waals surface area contributed by atoms with Crippen LogP contribution in [0.5, 0.6) is 0 Å². The number of rotatable bonds is 16. The van der Waals surface area contributed by atoms with E-state index in [4.69, 9.17) is 9.47 Å². The van der Waals surface area contributed by atoms with Gasteiger partial charge in [-0.2, -0.15) is 11.8 Å². The highest BCUT2D eigenvalue weighted by atomic mass is 32.2. The van der Waals surface area contributed by atoms with Crippen LogP contribution in [0.2, 0.25) is 0 Å². The van der Waals surface area contributed by atoms with Crippen LogP contribution in [0.4, 0.5) is 0 Å². The number of aliphatic hydroxyl groups is 2. The number of amides is 2. The third-order valence-corrected chi connectivity index (χ3v) is 9.06. The Kier molecular flexibility index (Phi) is 13.9. The minimum atomic E-state index is -0.538. The molecule has 9 heteroatoms. The number of carbonyl (C=O) groups excluding carboxylic acids is 2. The van der Waals surface area contributed by atoms with Crippen molar-refractivity contribution in [3.8, 4) is 11.1 Å². The maximum absolute atomic E-state index is 12.3. The molecular weight excluding hydrogens is 588 g/mol. The second-order valence-electron chi connectivity index (χ2n) is 11.5. The molecule has 242 valence electrons. The maximum atomic E-state index is 12.3. The van der Waals surface area contributed by atoms with E-state index in [1.165, 1.54) is 6.92 Å². The van der Waals surface area contributed by atoms with Crippen molar-refractivity contribution in [2.24, 2.45) is 5.92 Å². The van der Waals surface area contributed by atoms with Gasteiger partial charge in [0.05, 0.1) is 25.4 Å². The zero-order chi connectivity index (χ0) is 32.0. The first-order chi connectivity index (χ1) is 21.9. The van der Waals surface area contributed by atoms with E-state index in [-0.39, 0.29) is 43.2 Å². The molecular formula is C36H46N2O6S. The van der Waals surface area contributed by atoms with Crippen molar-refractivity contribution in [2.45, 2.75) is 71.2 Å². The van der Waals surface area contributed by atoms with E-state index >= 15 is 0 Å². The standard InChI is InChI=1S/C36H46N2O6S/c1-25-33(24-45-20-19-39)43-36(44-35(25)30-12-10-27(23-40)11-13-30)31-16-14-29(15-17-31)32-8-6-7-28(21-32)22-38-34(42)9-4-3-5-18-37-26(2)41/h6-8,10-17,21,25,33,35-36,39-40H,3-5,9,18-20,22-24H2,1-2H3,(H,37,41)(H,38,42). The Morgan fingerprint density at radius 2 is 1.60 bits per heavy atom. The molecule has 4 atom stereocenters. The second kappa shape index (κ2) is 18.1. The largest absolute Gasteiger partial charge is 0.396 e. The van der Waals surface area contributed by atoms with Crippen molar-refractivity contribution in [3.63, 3.8) is 0 Å². The fourth-order valence-corrected chi connectivity index (χ4v) is 6.32. The molecule has 1 heterocycles. The number of aliphatic hydroxyl groups excluding tert-OH is 2. The van der Waals surface area contributed by atoms with Crippen LogP contribution in [0.3, 0.4) is 0 Å². The Hall–Kier alpha value is -3.21. The molecule has 8 nitrogen and oxygen atoms in total. The highest BCUT2D eigenvalue weighted by molar-refractivity contribution is 7.99. The Morgan fingerprint density at radius 3 is 2.31 bits per heavy atom. The lowest BCUT2D eigenvalue weighted by molar-refractivity contribution is -0.268. The van der Waals surface area contributed by atoms with Gasteiger partial charge in [-0.25, -0.2) is 0 Å². The number of hydrogen-bond acceptors (Lipinski definition) is 7. The first-order valence-electron chi connectivity index (χ1n) is 15.8. The van der Waals surface area contributed by atoms with Crippen LogP contribution < -0.4 is 10.6 Å². The predicted molar refractivity (Wildman–Crippen MR) is 178 cm³/mol. The van der Waals surface area contributed by atoms with E-state index in [1.54, 1.807) is 11.8 Å². The van der Waals surface area contributed by atoms with Gasteiger partial charge in [-0.15, -0.1) is 0 Å². The summed E-state index contributed by atoms with van der Waals surface area (Å²) in [4.78, 5) is 23.3. The van der Waals surface area contributed by atoms with Gasteiger partial charge in [0.2, 0.25) is 11.8 Å². The topological polar surface area (TPSA) is 117 Å². The molecule has 3 aromatic rings. The molecule has 1 aliphatic rings. The molecule has 0 saturated carbocycles. The molecule has 2 amide bonds. The summed E-state index contributed by atoms with van der Waals surface area (Å²) in [5, 5.41) is 24.6. The lowest BCUT2D eigenvalue weighted by atomic mass is 9.91. The maximum Gasteiger partial charge on any atom is 0.220 e. The average molecular weight is 635 g/mol. The number of ether oxygens (including phenoxy) is 2. The second-order valence-corrected chi connectivity index (χ2v) is 12.7. The van der Waals surface area contributed by atoms with E-state index in [1.807, 2.05) is 48.5 Å². The number of benzene rings is 3. The van der Waals surface area contributed by atoms with Crippen molar-refractivity contribution in [3.05, 3.63) is 95.1 Å². The van der Waals surface area contributed by atoms with Gasteiger partial charge in [0.1, 0.15) is 0 Å². The van der Waals surface area contributed by atoms with Gasteiger partial charge in [0, 0.05) is 49.4 Å². The van der Waals surface area contributed by atoms with Crippen molar-refractivity contribution in [1.82, 2.24) is 10.6 Å². The first-order valence-corrected chi connectivity index (χ1v) is 16.9. The number of unbranched alkanes of at least 4 members (excludes halogenated alkanes) is 2. The average Bonchev–Trinajstić information content (AvgIpc) is 3.06. The van der Waals surface area contributed by atoms with E-state index < -0.39 is 6.29 Å². The Balaban J connectivity index is 1.37. The Bertz CT molecular complexity index is 1350. The van der Waals surface area contributed by atoms with Gasteiger partial charge < -0.3 is 30.3 Å². The zero-order valence-corrected chi connectivity index (χ0v) is 27.1. The van der Waals surface area contributed by atoms with Gasteiger partial charge in [0.25, 0.3) is 0 Å². The molecule has 4 N–H and O–H groups in total. The molecule has 0 bridgehead atoms. The summed E-state index contributed by atoms with van der Waals surface area (Å²) in [6.45, 7) is 4.90. The van der Waals surface area contributed by atoms with Gasteiger partial charge in [-0.05, 0) is 46.7 Å². The fourth-order valence-electron chi connectivity index (χ4n) is 5.41. The summed E-state index contributed by atoms with van der Waals surface area (Å²) in [5.41, 5.74) is 5.99. The quantitative estimate of drug-likeness (QED) is 0.150. The summed E-state index contributed by atoms with van der Waals surface area (Å²) < 4.78 is 13.0. The fraction of sp³-hybridized carbons (Fsp3) is 0.444. The molecule has 4 unspecified atom stereocenters. The molecule has 0 spiro atoms. The minimum Gasteiger partial charge on any atom is -0.396 e. The van der Waals surface area contributed by atoms with Crippen LogP contribution in [0.1, 0.15) is 74.2 Å². The number of nitrogens with one attached hydrogen (secondary N) is 2. The van der Waals surface area contributed by atoms with Crippen LogP contribution in [0.15, 0.2) is 72.8 Å². The normalized spacial score (nSPS) is 19.6. The highest BCUT2D eigenvalue weighted by Gasteiger charge is 2.38. The lowest BCUT2D eigenvalue weighted by Gasteiger charge is -2.41. The van der Waals surface area contributed by atoms with Crippen molar-refractivity contribution in [1.29, 1.82) is 0 Å². The third kappa shape index (κ3) is 10.7. The lowest BCUT2D eigenvalue weighted by Crippen LogP contribution is -2.38. The zero-order valence-electron chi connectivity index (χ0n) is 26.2. The van der Waals surface area contributed by atoms with Gasteiger partial charge >= 0.3 is 0 Å². The molecule has 3 aromatic carbocycles. The van der Waals surface area contributed by atoms with E-state index in [0.717, 1.165) is 58.4 Å². The number of carbonyl (C=O) groups is 2. The summed E-state index contributed by atoms with van der Waals surface area (Å²) in [6, 6.07) is 24.3. The van der Waals surface area contributed by atoms with Crippen LogP contribution in [0.25, 0.3) is 11.1 Å². The summed E-state index contributed by atoms with van der Waals surface area (Å²) in [6.07, 6.45) is 2.27. The monoisotopic (exact) mass is 634 g/mol. The molecule has 1 fully saturated rings. The minimum absolute atomic E-state index is 0.000442. The van der Waals surface area contributed by atoms with E-state index in [0.29, 0.717) is 25.3 Å². The van der Waals surface area contributed by atoms with Crippen molar-refractivity contribution >= 4 is 23.6 Å². The van der Waals surface area contributed by atoms with E-state index in [2.05, 4.69) is 41.8 Å². The summed E-state index contributed by atoms with van der Waals surface area (Å²) in [5.74, 6) is 1.52. The molecule has 0 aromatic heterocycles. The smallest absolute Gasteiger partial charge is 0.220 e. The van der Waals surface area contributed by atoms with Gasteiger partial charge in [0.15, 0.2) is 6.29 Å². The molecule has 4 rings (SSSR count). The number of hydrogen-bond donors (Lipinski definition) is 4. The molecule has 1 saturated heterocycles. The molecule has 0 aliphatic carbocycles. The van der Waals surface area contributed by atoms with Crippen LogP contribution in [0, 0.1) is 5.92 Å². The highest BCUT2D eigenvalue weighted by Crippen LogP contribution is 2.42.